The summed E-state index contributed by atoms with van der Waals surface area (Å²) in [4.78, 5) is 7.27. The fourth-order valence-corrected chi connectivity index (χ4v) is 3.92. The molecule has 0 nitrogen and oxygen atoms in total. The van der Waals surface area contributed by atoms with Crippen molar-refractivity contribution in [2.24, 2.45) is 0 Å². The quantitative estimate of drug-likeness (QED) is 0.664. The molecule has 0 aromatic heterocycles. The van der Waals surface area contributed by atoms with Crippen LogP contribution in [0, 0.1) is 0 Å². The summed E-state index contributed by atoms with van der Waals surface area (Å²) in [6.45, 7) is 0. The molecule has 1 radical (unpaired) electrons. The summed E-state index contributed by atoms with van der Waals surface area (Å²) in [5.74, 6) is 0. The van der Waals surface area contributed by atoms with E-state index in [4.69, 9.17) is 0 Å². The number of hydrogen-bond donors (Lipinski definition) is 0. The molecule has 0 unspecified atom stereocenters. The second kappa shape index (κ2) is 2.96. The number of benzene rings is 1. The van der Waals surface area contributed by atoms with Gasteiger partial charge in [-0.2, -0.15) is 0 Å². The molecule has 0 bridgehead atoms. The van der Waals surface area contributed by atoms with Gasteiger partial charge in [-0.25, -0.2) is 0 Å². The Morgan fingerprint density at radius 1 is 0.900 bits per heavy atom. The molecule has 0 atom stereocenters. The van der Waals surface area contributed by atoms with Crippen LogP contribution in [-0.2, 0) is 0 Å². The van der Waals surface area contributed by atoms with Gasteiger partial charge in [0, 0.05) is 0 Å². The number of hydrogen-bond acceptors (Lipinski definition) is 0. The third kappa shape index (κ3) is 2.02. The van der Waals surface area contributed by atoms with E-state index in [0.717, 1.165) is 0 Å². The zero-order valence-electron chi connectivity index (χ0n) is 6.83. The summed E-state index contributed by atoms with van der Waals surface area (Å²) in [5.41, 5.74) is 0. The van der Waals surface area contributed by atoms with E-state index in [-0.39, 0.29) is 0 Å². The van der Waals surface area contributed by atoms with E-state index in [1.807, 2.05) is 0 Å². The topological polar surface area (TPSA) is 0 Å². The third-order valence-corrected chi connectivity index (χ3v) is 6.80. The Morgan fingerprint density at radius 2 is 1.40 bits per heavy atom. The van der Waals surface area contributed by atoms with Gasteiger partial charge in [-0.1, -0.05) is 0 Å². The first-order valence-electron chi connectivity index (χ1n) is 3.48. The monoisotopic (exact) mass is 243 g/mol. The molecule has 0 N–H and O–H groups in total. The van der Waals surface area contributed by atoms with E-state index in [2.05, 4.69) is 44.9 Å². The predicted octanol–water partition coefficient (Wildman–Crippen LogP) is 2.23. The van der Waals surface area contributed by atoms with Crippen LogP contribution in [0.4, 0.5) is 0 Å². The molecule has 0 amide bonds. The molecular formula is C9H14Sb. The SMILES string of the molecule is [CH3][Sb]([CH3])([CH3])[c]1ccccc1. The molecule has 10 heavy (non-hydrogen) atoms. The van der Waals surface area contributed by atoms with Gasteiger partial charge in [0.15, 0.2) is 0 Å². The van der Waals surface area contributed by atoms with Crippen molar-refractivity contribution in [3.8, 4) is 0 Å². The van der Waals surface area contributed by atoms with Crippen LogP contribution in [0.2, 0.25) is 14.6 Å². The van der Waals surface area contributed by atoms with Gasteiger partial charge in [-0.3, -0.25) is 0 Å². The van der Waals surface area contributed by atoms with Crippen molar-refractivity contribution in [1.82, 2.24) is 0 Å². The van der Waals surface area contributed by atoms with E-state index in [9.17, 15) is 0 Å². The second-order valence-electron chi connectivity index (χ2n) is 3.35. The molecule has 1 heteroatoms. The fraction of sp³-hybridized carbons (Fsp3) is 0.333. The van der Waals surface area contributed by atoms with Crippen molar-refractivity contribution in [3.05, 3.63) is 30.3 Å². The van der Waals surface area contributed by atoms with Crippen LogP contribution in [0.1, 0.15) is 0 Å². The zero-order chi connectivity index (χ0) is 7.61. The van der Waals surface area contributed by atoms with Crippen LogP contribution >= 0.6 is 0 Å². The Hall–Kier alpha value is 0.0382. The van der Waals surface area contributed by atoms with E-state index >= 15 is 0 Å². The molecule has 1 aromatic carbocycles. The Balaban J connectivity index is 2.97. The molecule has 0 fully saturated rings. The summed E-state index contributed by atoms with van der Waals surface area (Å²) >= 11 is -1.62. The molecule has 55 valence electrons. The minimum atomic E-state index is -1.62. The van der Waals surface area contributed by atoms with E-state index in [1.165, 1.54) is 0 Å². The summed E-state index contributed by atoms with van der Waals surface area (Å²) < 4.78 is 1.60. The van der Waals surface area contributed by atoms with Crippen molar-refractivity contribution < 1.29 is 0 Å². The first-order valence-corrected chi connectivity index (χ1v) is 12.4. The van der Waals surface area contributed by atoms with Crippen molar-refractivity contribution in [2.75, 3.05) is 0 Å². The van der Waals surface area contributed by atoms with Crippen molar-refractivity contribution >= 4 is 22.3 Å². The minimum absolute atomic E-state index is 1.60. The van der Waals surface area contributed by atoms with Crippen LogP contribution in [0.15, 0.2) is 30.3 Å². The Bertz CT molecular complexity index is 196. The molecule has 0 saturated heterocycles. The van der Waals surface area contributed by atoms with Crippen LogP contribution in [0.25, 0.3) is 0 Å². The normalized spacial score (nSPS) is 11.5. The molecule has 0 aliphatic heterocycles. The second-order valence-corrected chi connectivity index (χ2v) is 16.3. The van der Waals surface area contributed by atoms with Gasteiger partial charge in [0.05, 0.1) is 0 Å². The van der Waals surface area contributed by atoms with E-state index in [1.54, 1.807) is 3.51 Å². The predicted molar refractivity (Wildman–Crippen MR) is 49.4 cm³/mol. The molecule has 1 rings (SSSR count). The van der Waals surface area contributed by atoms with Crippen LogP contribution < -0.4 is 3.51 Å². The standard InChI is InChI=1S/C6H5.3CH3.Sb/c1-2-4-6-5-3-1;;;;/h1-5H;3*1H3;. The maximum atomic E-state index is 2.42. The molecule has 0 aliphatic rings. The maximum absolute atomic E-state index is 2.42. The molecule has 0 spiro atoms. The number of rotatable bonds is 1. The van der Waals surface area contributed by atoms with Gasteiger partial charge in [-0.05, 0) is 0 Å². The summed E-state index contributed by atoms with van der Waals surface area (Å²) in [6.07, 6.45) is 0. The van der Waals surface area contributed by atoms with Crippen molar-refractivity contribution in [2.45, 2.75) is 14.6 Å². The summed E-state index contributed by atoms with van der Waals surface area (Å²) in [7, 11) is 0. The zero-order valence-corrected chi connectivity index (χ0v) is 9.39. The van der Waals surface area contributed by atoms with Crippen LogP contribution in [0.5, 0.6) is 0 Å². The van der Waals surface area contributed by atoms with Gasteiger partial charge < -0.3 is 0 Å². The first-order chi connectivity index (χ1) is 4.61. The van der Waals surface area contributed by atoms with Gasteiger partial charge in [-0.15, -0.1) is 0 Å². The first kappa shape index (κ1) is 8.14. The average Bonchev–Trinajstić information content (AvgIpc) is 1.88. The van der Waals surface area contributed by atoms with E-state index in [0.29, 0.717) is 0 Å². The van der Waals surface area contributed by atoms with Crippen molar-refractivity contribution in [3.63, 3.8) is 0 Å². The molecule has 1 aromatic rings. The Labute approximate surface area is 67.3 Å². The van der Waals surface area contributed by atoms with E-state index < -0.39 is 18.8 Å². The summed E-state index contributed by atoms with van der Waals surface area (Å²) in [6, 6.07) is 10.9. The van der Waals surface area contributed by atoms with Gasteiger partial charge in [0.1, 0.15) is 0 Å². The van der Waals surface area contributed by atoms with Gasteiger partial charge >= 0.3 is 67.3 Å². The van der Waals surface area contributed by atoms with Crippen LogP contribution in [-0.4, -0.2) is 18.8 Å². The van der Waals surface area contributed by atoms with Gasteiger partial charge in [0.25, 0.3) is 0 Å². The fourth-order valence-electron chi connectivity index (χ4n) is 0.875. The Kier molecular flexibility index (Phi) is 2.41. The van der Waals surface area contributed by atoms with Gasteiger partial charge in [0.2, 0.25) is 0 Å². The molecule has 0 saturated carbocycles. The molecule has 0 aliphatic carbocycles. The third-order valence-electron chi connectivity index (χ3n) is 1.53. The molecule has 0 heterocycles. The Morgan fingerprint density at radius 3 is 1.70 bits per heavy atom. The summed E-state index contributed by atoms with van der Waals surface area (Å²) in [5, 5.41) is 0. The average molecular weight is 244 g/mol. The van der Waals surface area contributed by atoms with Crippen molar-refractivity contribution in [1.29, 1.82) is 0 Å². The molecular weight excluding hydrogens is 230 g/mol. The van der Waals surface area contributed by atoms with Crippen LogP contribution in [0.3, 0.4) is 0 Å².